The average molecular weight is 553 g/mol. The first-order valence-electron chi connectivity index (χ1n) is 13.1. The Morgan fingerprint density at radius 1 is 0.900 bits per heavy atom. The van der Waals surface area contributed by atoms with E-state index in [1.807, 2.05) is 24.3 Å². The normalized spacial score (nSPS) is 13.2. The molecule has 0 fully saturated rings. The van der Waals surface area contributed by atoms with Crippen LogP contribution in [0.25, 0.3) is 10.9 Å². The van der Waals surface area contributed by atoms with E-state index >= 15 is 0 Å². The lowest BCUT2D eigenvalue weighted by atomic mass is 10.0. The van der Waals surface area contributed by atoms with Crippen LogP contribution in [0.2, 0.25) is 0 Å². The number of aromatic nitrogens is 1. The van der Waals surface area contributed by atoms with Crippen LogP contribution in [0.5, 0.6) is 5.75 Å². The van der Waals surface area contributed by atoms with E-state index in [-0.39, 0.29) is 18.6 Å². The number of aliphatic carboxylic acids is 1. The van der Waals surface area contributed by atoms with Gasteiger partial charge in [-0.1, -0.05) is 36.8 Å². The highest BCUT2D eigenvalue weighted by molar-refractivity contribution is 5.93. The number of H-pyrrole nitrogens is 1. The molecule has 3 unspecified atom stereocenters. The molecule has 2 aromatic carbocycles. The van der Waals surface area contributed by atoms with E-state index in [9.17, 15) is 29.4 Å². The van der Waals surface area contributed by atoms with Crippen LogP contribution in [-0.2, 0) is 32.0 Å². The van der Waals surface area contributed by atoms with Gasteiger partial charge in [0.25, 0.3) is 0 Å². The molecule has 0 bridgehead atoms. The fraction of sp³-hybridized carbons (Fsp3) is 0.357. The molecule has 0 aliphatic rings. The quantitative estimate of drug-likeness (QED) is 0.122. The first-order valence-corrected chi connectivity index (χ1v) is 13.1. The molecule has 3 aromatic rings. The number of nitrogens with two attached hydrogens (primary N) is 2. The first kappa shape index (κ1) is 30.1. The lowest BCUT2D eigenvalue weighted by Crippen LogP contribution is -2.54. The Kier molecular flexibility index (Phi) is 11.0. The number of fused-ring (bicyclic) bond motifs is 1. The van der Waals surface area contributed by atoms with E-state index in [0.717, 1.165) is 22.9 Å². The molecule has 0 aliphatic carbocycles. The summed E-state index contributed by atoms with van der Waals surface area (Å²) >= 11 is 0. The molecule has 12 heteroatoms. The lowest BCUT2D eigenvalue weighted by Gasteiger charge is -2.21. The monoisotopic (exact) mass is 552 g/mol. The van der Waals surface area contributed by atoms with E-state index in [1.165, 1.54) is 12.1 Å². The van der Waals surface area contributed by atoms with Crippen molar-refractivity contribution in [2.24, 2.45) is 11.5 Å². The van der Waals surface area contributed by atoms with Crippen LogP contribution in [-0.4, -0.2) is 70.1 Å². The molecular weight excluding hydrogens is 516 g/mol. The molecule has 3 rings (SSSR count). The third-order valence-electron chi connectivity index (χ3n) is 6.47. The van der Waals surface area contributed by atoms with Gasteiger partial charge in [-0.05, 0) is 48.7 Å². The Labute approximate surface area is 231 Å². The molecule has 40 heavy (non-hydrogen) atoms. The number of rotatable bonds is 15. The SMILES string of the molecule is NCCCCC(N)C(=O)NC(Cc1c[nH]c2ccccc12)C(=O)NCC(=O)NC(Cc1ccc(O)cc1)C(=O)O. The van der Waals surface area contributed by atoms with E-state index in [0.29, 0.717) is 24.9 Å². The highest BCUT2D eigenvalue weighted by Crippen LogP contribution is 2.19. The number of benzene rings is 2. The Morgan fingerprint density at radius 2 is 1.62 bits per heavy atom. The summed E-state index contributed by atoms with van der Waals surface area (Å²) in [6.07, 6.45) is 3.67. The predicted molar refractivity (Wildman–Crippen MR) is 149 cm³/mol. The molecule has 1 heterocycles. The number of carbonyl (C=O) groups excluding carboxylic acids is 3. The number of carboxylic acid groups (broad SMARTS) is 1. The fourth-order valence-electron chi connectivity index (χ4n) is 4.25. The van der Waals surface area contributed by atoms with Crippen LogP contribution < -0.4 is 27.4 Å². The van der Waals surface area contributed by atoms with Crippen molar-refractivity contribution in [2.45, 2.75) is 50.2 Å². The van der Waals surface area contributed by atoms with Crippen molar-refractivity contribution < 1.29 is 29.4 Å². The van der Waals surface area contributed by atoms with Gasteiger partial charge in [-0.25, -0.2) is 4.79 Å². The van der Waals surface area contributed by atoms with Crippen molar-refractivity contribution in [1.29, 1.82) is 0 Å². The number of aromatic amines is 1. The van der Waals surface area contributed by atoms with Crippen LogP contribution in [0.3, 0.4) is 0 Å². The maximum absolute atomic E-state index is 13.2. The summed E-state index contributed by atoms with van der Waals surface area (Å²) in [7, 11) is 0. The highest BCUT2D eigenvalue weighted by atomic mass is 16.4. The number of phenolic OH excluding ortho intramolecular Hbond substituents is 1. The second-order valence-corrected chi connectivity index (χ2v) is 9.56. The number of nitrogens with one attached hydrogen (secondary N) is 4. The van der Waals surface area contributed by atoms with E-state index in [2.05, 4.69) is 20.9 Å². The standard InChI is InChI=1S/C28H36N6O6/c29-12-4-3-6-21(30)26(37)34-23(14-18-15-31-22-7-2-1-5-20(18)22)27(38)32-16-25(36)33-24(28(39)40)13-17-8-10-19(35)11-9-17/h1-2,5,7-11,15,21,23-24,31,35H,3-4,6,12-14,16,29-30H2,(H,32,38)(H,33,36)(H,34,37)(H,39,40). The van der Waals surface area contributed by atoms with Gasteiger partial charge in [-0.3, -0.25) is 14.4 Å². The first-order chi connectivity index (χ1) is 19.2. The molecule has 0 aliphatic heterocycles. The molecule has 3 atom stereocenters. The third-order valence-corrected chi connectivity index (χ3v) is 6.47. The number of para-hydroxylation sites is 1. The van der Waals surface area contributed by atoms with E-state index in [4.69, 9.17) is 11.5 Å². The zero-order chi connectivity index (χ0) is 29.1. The Hall–Kier alpha value is -4.42. The van der Waals surface area contributed by atoms with Crippen molar-refractivity contribution in [2.75, 3.05) is 13.1 Å². The smallest absolute Gasteiger partial charge is 0.326 e. The van der Waals surface area contributed by atoms with E-state index in [1.54, 1.807) is 18.3 Å². The van der Waals surface area contributed by atoms with E-state index < -0.39 is 48.4 Å². The van der Waals surface area contributed by atoms with Crippen LogP contribution in [0.1, 0.15) is 30.4 Å². The molecule has 3 amide bonds. The van der Waals surface area contributed by atoms with Crippen molar-refractivity contribution >= 4 is 34.6 Å². The van der Waals surface area contributed by atoms with Gasteiger partial charge in [0.2, 0.25) is 17.7 Å². The predicted octanol–water partition coefficient (Wildman–Crippen LogP) is 0.285. The molecule has 0 saturated carbocycles. The minimum atomic E-state index is -1.25. The second kappa shape index (κ2) is 14.7. The fourth-order valence-corrected chi connectivity index (χ4v) is 4.25. The molecule has 12 nitrogen and oxygen atoms in total. The zero-order valence-electron chi connectivity index (χ0n) is 22.1. The topological polar surface area (TPSA) is 213 Å². The van der Waals surface area contributed by atoms with Crippen LogP contribution in [0, 0.1) is 0 Å². The number of hydrogen-bond donors (Lipinski definition) is 8. The van der Waals surface area contributed by atoms with Gasteiger partial charge in [0.15, 0.2) is 0 Å². The summed E-state index contributed by atoms with van der Waals surface area (Å²) < 4.78 is 0. The Morgan fingerprint density at radius 3 is 2.33 bits per heavy atom. The minimum absolute atomic E-state index is 0.0173. The summed E-state index contributed by atoms with van der Waals surface area (Å²) in [5, 5.41) is 27.4. The molecular formula is C28H36N6O6. The van der Waals surface area contributed by atoms with Gasteiger partial charge in [0.05, 0.1) is 12.6 Å². The number of carbonyl (C=O) groups is 4. The van der Waals surface area contributed by atoms with Gasteiger partial charge in [-0.15, -0.1) is 0 Å². The number of hydrogen-bond acceptors (Lipinski definition) is 7. The number of phenols is 1. The summed E-state index contributed by atoms with van der Waals surface area (Å²) in [5.74, 6) is -3.04. The molecule has 1 aromatic heterocycles. The van der Waals surface area contributed by atoms with Gasteiger partial charge in [0, 0.05) is 29.9 Å². The van der Waals surface area contributed by atoms with Gasteiger partial charge in [-0.2, -0.15) is 0 Å². The van der Waals surface area contributed by atoms with Gasteiger partial charge >= 0.3 is 5.97 Å². The van der Waals surface area contributed by atoms with Gasteiger partial charge < -0.3 is 42.6 Å². The number of amides is 3. The van der Waals surface area contributed by atoms with Crippen molar-refractivity contribution in [3.05, 3.63) is 65.9 Å². The molecule has 0 saturated heterocycles. The lowest BCUT2D eigenvalue weighted by molar-refractivity contribution is -0.141. The largest absolute Gasteiger partial charge is 0.508 e. The Balaban J connectivity index is 1.65. The molecule has 0 radical (unpaired) electrons. The van der Waals surface area contributed by atoms with Crippen molar-refractivity contribution in [3.63, 3.8) is 0 Å². The summed E-state index contributed by atoms with van der Waals surface area (Å²) in [5.41, 5.74) is 13.8. The number of aromatic hydroxyl groups is 1. The minimum Gasteiger partial charge on any atom is -0.508 e. The summed E-state index contributed by atoms with van der Waals surface area (Å²) in [4.78, 5) is 53.3. The molecule has 0 spiro atoms. The van der Waals surface area contributed by atoms with Crippen molar-refractivity contribution in [3.8, 4) is 5.75 Å². The average Bonchev–Trinajstić information content (AvgIpc) is 3.34. The van der Waals surface area contributed by atoms with Gasteiger partial charge in [0.1, 0.15) is 17.8 Å². The third kappa shape index (κ3) is 8.82. The summed E-state index contributed by atoms with van der Waals surface area (Å²) in [6, 6.07) is 10.4. The van der Waals surface area contributed by atoms with Crippen LogP contribution >= 0.6 is 0 Å². The number of unbranched alkanes of at least 4 members (excludes halogenated alkanes) is 1. The zero-order valence-corrected chi connectivity index (χ0v) is 22.1. The number of carboxylic acids is 1. The Bertz CT molecular complexity index is 1310. The maximum Gasteiger partial charge on any atom is 0.326 e. The highest BCUT2D eigenvalue weighted by Gasteiger charge is 2.26. The second-order valence-electron chi connectivity index (χ2n) is 9.56. The summed E-state index contributed by atoms with van der Waals surface area (Å²) in [6.45, 7) is -0.0132. The maximum atomic E-state index is 13.2. The molecule has 10 N–H and O–H groups in total. The van der Waals surface area contributed by atoms with Crippen molar-refractivity contribution in [1.82, 2.24) is 20.9 Å². The van der Waals surface area contributed by atoms with Crippen LogP contribution in [0.4, 0.5) is 0 Å². The van der Waals surface area contributed by atoms with Crippen LogP contribution in [0.15, 0.2) is 54.7 Å². The molecule has 214 valence electrons.